The van der Waals surface area contributed by atoms with Crippen LogP contribution in [0.2, 0.25) is 0 Å². The fraction of sp³-hybridized carbons (Fsp3) is 0.389. The van der Waals surface area contributed by atoms with Crippen LogP contribution in [0.4, 0.5) is 0 Å². The largest absolute Gasteiger partial charge is 0.342 e. The van der Waals surface area contributed by atoms with E-state index in [4.69, 9.17) is 0 Å². The zero-order valence-corrected chi connectivity index (χ0v) is 15.0. The molecule has 130 valence electrons. The summed E-state index contributed by atoms with van der Waals surface area (Å²) in [5, 5.41) is 4.01. The molecule has 0 radical (unpaired) electrons. The number of imidazole rings is 1. The average molecular weight is 355 g/mol. The van der Waals surface area contributed by atoms with E-state index in [9.17, 15) is 4.79 Å². The van der Waals surface area contributed by atoms with Crippen molar-refractivity contribution >= 4 is 28.3 Å². The Morgan fingerprint density at radius 1 is 1.36 bits per heavy atom. The maximum atomic E-state index is 12.5. The maximum absolute atomic E-state index is 12.5. The van der Waals surface area contributed by atoms with Crippen LogP contribution in [0.1, 0.15) is 46.3 Å². The van der Waals surface area contributed by atoms with Crippen LogP contribution in [0, 0.1) is 0 Å². The van der Waals surface area contributed by atoms with Crippen molar-refractivity contribution in [3.8, 4) is 0 Å². The quantitative estimate of drug-likeness (QED) is 0.737. The SMILES string of the molecule is CC(NC(=O)c1cnc(CN2CCCC2)s1)c1nc2ccccc2[nH]1. The van der Waals surface area contributed by atoms with Gasteiger partial charge in [0.15, 0.2) is 0 Å². The Bertz CT molecular complexity index is 847. The summed E-state index contributed by atoms with van der Waals surface area (Å²) in [7, 11) is 0. The number of aromatic nitrogens is 3. The number of benzene rings is 1. The first kappa shape index (κ1) is 16.2. The summed E-state index contributed by atoms with van der Waals surface area (Å²) < 4.78 is 0. The topological polar surface area (TPSA) is 73.9 Å². The molecule has 0 spiro atoms. The van der Waals surface area contributed by atoms with Gasteiger partial charge in [-0.25, -0.2) is 9.97 Å². The summed E-state index contributed by atoms with van der Waals surface area (Å²) in [5.74, 6) is 0.662. The first-order valence-corrected chi connectivity index (χ1v) is 9.43. The number of hydrogen-bond donors (Lipinski definition) is 2. The second kappa shape index (κ2) is 6.93. The number of hydrogen-bond acceptors (Lipinski definition) is 5. The zero-order chi connectivity index (χ0) is 17.2. The van der Waals surface area contributed by atoms with E-state index < -0.39 is 0 Å². The number of fused-ring (bicyclic) bond motifs is 1. The van der Waals surface area contributed by atoms with Crippen molar-refractivity contribution in [1.82, 2.24) is 25.2 Å². The normalized spacial score (nSPS) is 16.4. The standard InChI is InChI=1S/C18H21N5OS/c1-12(17-21-13-6-2-3-7-14(13)22-17)20-18(24)15-10-19-16(25-15)11-23-8-4-5-9-23/h2-3,6-7,10,12H,4-5,8-9,11H2,1H3,(H,20,24)(H,21,22). The number of nitrogens with one attached hydrogen (secondary N) is 2. The molecule has 1 aliphatic heterocycles. The third-order valence-electron chi connectivity index (χ3n) is 4.50. The number of thiazole rings is 1. The molecule has 1 aromatic carbocycles. The van der Waals surface area contributed by atoms with E-state index in [1.807, 2.05) is 31.2 Å². The van der Waals surface area contributed by atoms with Crippen molar-refractivity contribution in [2.45, 2.75) is 32.4 Å². The number of nitrogens with zero attached hydrogens (tertiary/aromatic N) is 3. The third kappa shape index (κ3) is 3.57. The molecule has 0 bridgehead atoms. The van der Waals surface area contributed by atoms with Crippen molar-refractivity contribution in [3.05, 3.63) is 46.2 Å². The Balaban J connectivity index is 1.41. The summed E-state index contributed by atoms with van der Waals surface area (Å²) >= 11 is 1.47. The molecular weight excluding hydrogens is 334 g/mol. The van der Waals surface area contributed by atoms with E-state index >= 15 is 0 Å². The van der Waals surface area contributed by atoms with E-state index in [0.717, 1.165) is 41.5 Å². The van der Waals surface area contributed by atoms with E-state index in [1.165, 1.54) is 24.2 Å². The van der Waals surface area contributed by atoms with Crippen LogP contribution in [0.15, 0.2) is 30.5 Å². The highest BCUT2D eigenvalue weighted by molar-refractivity contribution is 7.13. The Morgan fingerprint density at radius 2 is 2.16 bits per heavy atom. The van der Waals surface area contributed by atoms with Gasteiger partial charge in [-0.1, -0.05) is 12.1 Å². The van der Waals surface area contributed by atoms with Crippen LogP contribution in [0.5, 0.6) is 0 Å². The van der Waals surface area contributed by atoms with Gasteiger partial charge in [0.25, 0.3) is 5.91 Å². The molecular formula is C18H21N5OS. The van der Waals surface area contributed by atoms with Gasteiger partial charge in [-0.3, -0.25) is 9.69 Å². The first-order chi connectivity index (χ1) is 12.2. The Kier molecular flexibility index (Phi) is 4.50. The zero-order valence-electron chi connectivity index (χ0n) is 14.2. The van der Waals surface area contributed by atoms with Crippen molar-refractivity contribution < 1.29 is 4.79 Å². The number of para-hydroxylation sites is 2. The lowest BCUT2D eigenvalue weighted by atomic mass is 10.3. The van der Waals surface area contributed by atoms with Gasteiger partial charge in [-0.15, -0.1) is 11.3 Å². The molecule has 1 amide bonds. The van der Waals surface area contributed by atoms with Crippen LogP contribution in [-0.4, -0.2) is 38.8 Å². The highest BCUT2D eigenvalue weighted by Gasteiger charge is 2.18. The van der Waals surface area contributed by atoms with Crippen molar-refractivity contribution in [2.75, 3.05) is 13.1 Å². The highest BCUT2D eigenvalue weighted by atomic mass is 32.1. The highest BCUT2D eigenvalue weighted by Crippen LogP contribution is 2.20. The van der Waals surface area contributed by atoms with Gasteiger partial charge >= 0.3 is 0 Å². The molecule has 6 nitrogen and oxygen atoms in total. The van der Waals surface area contributed by atoms with E-state index in [0.29, 0.717) is 4.88 Å². The number of likely N-dealkylation sites (tertiary alicyclic amines) is 1. The summed E-state index contributed by atoms with van der Waals surface area (Å²) in [5.41, 5.74) is 1.88. The minimum Gasteiger partial charge on any atom is -0.342 e. The molecule has 4 rings (SSSR count). The van der Waals surface area contributed by atoms with Crippen molar-refractivity contribution in [2.24, 2.45) is 0 Å². The Hall–Kier alpha value is -2.25. The Labute approximate surface area is 150 Å². The van der Waals surface area contributed by atoms with Crippen LogP contribution in [0.25, 0.3) is 11.0 Å². The summed E-state index contributed by atoms with van der Waals surface area (Å²) in [6.07, 6.45) is 4.19. The fourth-order valence-corrected chi connectivity index (χ4v) is 4.00. The molecule has 3 heterocycles. The average Bonchev–Trinajstić information content (AvgIpc) is 3.35. The molecule has 0 aliphatic carbocycles. The first-order valence-electron chi connectivity index (χ1n) is 8.61. The predicted octanol–water partition coefficient (Wildman–Crippen LogP) is 3.11. The number of carbonyl (C=O) groups is 1. The molecule has 1 saturated heterocycles. The van der Waals surface area contributed by atoms with Gasteiger partial charge < -0.3 is 10.3 Å². The van der Waals surface area contributed by atoms with Crippen LogP contribution < -0.4 is 5.32 Å². The molecule has 1 fully saturated rings. The lowest BCUT2D eigenvalue weighted by Crippen LogP contribution is -2.26. The third-order valence-corrected chi connectivity index (χ3v) is 5.48. The molecule has 1 atom stereocenters. The van der Waals surface area contributed by atoms with Crippen LogP contribution in [-0.2, 0) is 6.54 Å². The minimum atomic E-state index is -0.191. The molecule has 3 aromatic rings. The molecule has 7 heteroatoms. The molecule has 1 unspecified atom stereocenters. The van der Waals surface area contributed by atoms with Crippen LogP contribution in [0.3, 0.4) is 0 Å². The second-order valence-electron chi connectivity index (χ2n) is 6.44. The minimum absolute atomic E-state index is 0.0990. The van der Waals surface area contributed by atoms with Gasteiger partial charge in [0, 0.05) is 0 Å². The van der Waals surface area contributed by atoms with Gasteiger partial charge in [0.1, 0.15) is 15.7 Å². The monoisotopic (exact) mass is 355 g/mol. The maximum Gasteiger partial charge on any atom is 0.263 e. The number of amides is 1. The van der Waals surface area contributed by atoms with Gasteiger partial charge in [-0.05, 0) is 45.0 Å². The van der Waals surface area contributed by atoms with Gasteiger partial charge in [0.2, 0.25) is 0 Å². The molecule has 2 N–H and O–H groups in total. The van der Waals surface area contributed by atoms with E-state index in [1.54, 1.807) is 6.20 Å². The van der Waals surface area contributed by atoms with E-state index in [-0.39, 0.29) is 11.9 Å². The molecule has 25 heavy (non-hydrogen) atoms. The van der Waals surface area contributed by atoms with Crippen molar-refractivity contribution in [3.63, 3.8) is 0 Å². The fourth-order valence-electron chi connectivity index (χ4n) is 3.13. The summed E-state index contributed by atoms with van der Waals surface area (Å²) in [6, 6.07) is 7.66. The smallest absolute Gasteiger partial charge is 0.263 e. The predicted molar refractivity (Wildman–Crippen MR) is 98.6 cm³/mol. The van der Waals surface area contributed by atoms with Crippen LogP contribution >= 0.6 is 11.3 Å². The van der Waals surface area contributed by atoms with Crippen molar-refractivity contribution in [1.29, 1.82) is 0 Å². The number of rotatable bonds is 5. The Morgan fingerprint density at radius 3 is 2.96 bits per heavy atom. The number of H-pyrrole nitrogens is 1. The molecule has 2 aromatic heterocycles. The summed E-state index contributed by atoms with van der Waals surface area (Å²) in [6.45, 7) is 5.03. The summed E-state index contributed by atoms with van der Waals surface area (Å²) in [4.78, 5) is 27.7. The van der Waals surface area contributed by atoms with Gasteiger partial charge in [0.05, 0.1) is 29.8 Å². The molecule has 1 aliphatic rings. The second-order valence-corrected chi connectivity index (χ2v) is 7.55. The lowest BCUT2D eigenvalue weighted by Gasteiger charge is -2.11. The number of aromatic amines is 1. The van der Waals surface area contributed by atoms with E-state index in [2.05, 4.69) is 25.2 Å². The lowest BCUT2D eigenvalue weighted by molar-refractivity contribution is 0.0942. The van der Waals surface area contributed by atoms with Gasteiger partial charge in [-0.2, -0.15) is 0 Å². The molecule has 0 saturated carbocycles. The number of carbonyl (C=O) groups excluding carboxylic acids is 1.